The van der Waals surface area contributed by atoms with E-state index in [0.29, 0.717) is 6.61 Å². The molecule has 0 aliphatic carbocycles. The van der Waals surface area contributed by atoms with Crippen molar-refractivity contribution in [3.05, 3.63) is 89.7 Å². The molecule has 2 aromatic carbocycles. The zero-order valence-electron chi connectivity index (χ0n) is 16.7. The molecule has 0 radical (unpaired) electrons. The van der Waals surface area contributed by atoms with Crippen molar-refractivity contribution in [2.45, 2.75) is 26.0 Å². The smallest absolute Gasteiger partial charge is 0.130 e. The van der Waals surface area contributed by atoms with Gasteiger partial charge in [0, 0.05) is 12.7 Å². The number of ether oxygens (including phenoxy) is 2. The largest absolute Gasteiger partial charge is 0.497 e. The van der Waals surface area contributed by atoms with Gasteiger partial charge in [-0.2, -0.15) is 0 Å². The van der Waals surface area contributed by atoms with Crippen LogP contribution in [0.15, 0.2) is 72.9 Å². The van der Waals surface area contributed by atoms with E-state index in [1.54, 1.807) is 13.3 Å². The van der Waals surface area contributed by atoms with Gasteiger partial charge in [-0.05, 0) is 74.0 Å². The molecule has 1 aromatic heterocycles. The molecular formula is C24H28N2O2. The molecule has 0 aliphatic heterocycles. The highest BCUT2D eigenvalue weighted by atomic mass is 16.5. The van der Waals surface area contributed by atoms with Gasteiger partial charge in [0.05, 0.1) is 12.8 Å². The second-order valence-corrected chi connectivity index (χ2v) is 6.94. The minimum Gasteiger partial charge on any atom is -0.497 e. The summed E-state index contributed by atoms with van der Waals surface area (Å²) >= 11 is 0. The third-order valence-corrected chi connectivity index (χ3v) is 4.65. The van der Waals surface area contributed by atoms with Crippen molar-refractivity contribution in [2.24, 2.45) is 0 Å². The maximum atomic E-state index is 5.80. The van der Waals surface area contributed by atoms with Crippen LogP contribution in [0, 0.1) is 0 Å². The zero-order chi connectivity index (χ0) is 19.6. The van der Waals surface area contributed by atoms with Crippen LogP contribution in [-0.2, 0) is 19.6 Å². The van der Waals surface area contributed by atoms with E-state index in [9.17, 15) is 0 Å². The Balaban J connectivity index is 1.39. The van der Waals surface area contributed by atoms with E-state index in [1.807, 2.05) is 42.5 Å². The van der Waals surface area contributed by atoms with E-state index in [0.717, 1.165) is 43.1 Å². The Morgan fingerprint density at radius 2 is 1.57 bits per heavy atom. The minimum atomic E-state index is 0.492. The monoisotopic (exact) mass is 376 g/mol. The Bertz CT molecular complexity index is 817. The second-order valence-electron chi connectivity index (χ2n) is 6.94. The highest BCUT2D eigenvalue weighted by Gasteiger charge is 2.03. The van der Waals surface area contributed by atoms with Crippen LogP contribution < -0.4 is 9.47 Å². The number of pyridine rings is 1. The Labute approximate surface area is 167 Å². The molecule has 4 heteroatoms. The summed E-state index contributed by atoms with van der Waals surface area (Å²) in [6.45, 7) is 2.48. The number of nitrogens with zero attached hydrogens (tertiary/aromatic N) is 2. The predicted molar refractivity (Wildman–Crippen MR) is 113 cm³/mol. The van der Waals surface area contributed by atoms with Crippen LogP contribution in [0.3, 0.4) is 0 Å². The fourth-order valence-corrected chi connectivity index (χ4v) is 3.07. The maximum absolute atomic E-state index is 5.80. The number of benzene rings is 2. The summed E-state index contributed by atoms with van der Waals surface area (Å²) in [4.78, 5) is 6.63. The van der Waals surface area contributed by atoms with Crippen molar-refractivity contribution in [1.29, 1.82) is 0 Å². The Kier molecular flexibility index (Phi) is 7.44. The molecule has 146 valence electrons. The van der Waals surface area contributed by atoms with Crippen molar-refractivity contribution in [3.8, 4) is 11.5 Å². The lowest BCUT2D eigenvalue weighted by atomic mass is 10.1. The number of hydrogen-bond acceptors (Lipinski definition) is 4. The highest BCUT2D eigenvalue weighted by Crippen LogP contribution is 2.16. The van der Waals surface area contributed by atoms with E-state index < -0.39 is 0 Å². The maximum Gasteiger partial charge on any atom is 0.130 e. The molecule has 0 amide bonds. The lowest BCUT2D eigenvalue weighted by Crippen LogP contribution is -2.19. The van der Waals surface area contributed by atoms with Gasteiger partial charge in [0.25, 0.3) is 0 Å². The Morgan fingerprint density at radius 1 is 0.857 bits per heavy atom. The van der Waals surface area contributed by atoms with Crippen LogP contribution in [0.1, 0.15) is 23.2 Å². The number of aromatic nitrogens is 1. The number of methoxy groups -OCH3 is 1. The molecule has 0 bridgehead atoms. The third-order valence-electron chi connectivity index (χ3n) is 4.65. The minimum absolute atomic E-state index is 0.492. The highest BCUT2D eigenvalue weighted by molar-refractivity contribution is 5.28. The summed E-state index contributed by atoms with van der Waals surface area (Å²) in [6.07, 6.45) is 4.00. The van der Waals surface area contributed by atoms with E-state index in [4.69, 9.17) is 9.47 Å². The van der Waals surface area contributed by atoms with Crippen LogP contribution in [0.25, 0.3) is 0 Å². The van der Waals surface area contributed by atoms with E-state index in [-0.39, 0.29) is 0 Å². The van der Waals surface area contributed by atoms with Crippen molar-refractivity contribution in [3.63, 3.8) is 0 Å². The molecule has 3 aromatic rings. The molecule has 0 aliphatic rings. The van der Waals surface area contributed by atoms with Crippen LogP contribution in [-0.4, -0.2) is 30.6 Å². The molecule has 1 heterocycles. The molecule has 0 saturated heterocycles. The zero-order valence-corrected chi connectivity index (χ0v) is 16.7. The summed E-state index contributed by atoms with van der Waals surface area (Å²) in [7, 11) is 3.86. The first kappa shape index (κ1) is 19.9. The van der Waals surface area contributed by atoms with Crippen molar-refractivity contribution < 1.29 is 9.47 Å². The molecule has 28 heavy (non-hydrogen) atoms. The van der Waals surface area contributed by atoms with Gasteiger partial charge in [0.15, 0.2) is 0 Å². The van der Waals surface area contributed by atoms with Crippen LogP contribution in [0.2, 0.25) is 0 Å². The van der Waals surface area contributed by atoms with Crippen LogP contribution in [0.5, 0.6) is 11.5 Å². The van der Waals surface area contributed by atoms with Crippen molar-refractivity contribution in [2.75, 3.05) is 20.7 Å². The SMILES string of the molecule is COc1ccc(CCCN(C)Cc2ccc(OCc3ccccn3)cc2)cc1. The van der Waals surface area contributed by atoms with Crippen molar-refractivity contribution >= 4 is 0 Å². The van der Waals surface area contributed by atoms with E-state index >= 15 is 0 Å². The van der Waals surface area contributed by atoms with Crippen LogP contribution in [0.4, 0.5) is 0 Å². The van der Waals surface area contributed by atoms with Crippen molar-refractivity contribution in [1.82, 2.24) is 9.88 Å². The van der Waals surface area contributed by atoms with Gasteiger partial charge >= 0.3 is 0 Å². The predicted octanol–water partition coefficient (Wildman–Crippen LogP) is 4.73. The normalized spacial score (nSPS) is 10.8. The van der Waals surface area contributed by atoms with Gasteiger partial charge in [-0.25, -0.2) is 0 Å². The average Bonchev–Trinajstić information content (AvgIpc) is 2.74. The molecule has 0 atom stereocenters. The summed E-state index contributed by atoms with van der Waals surface area (Å²) in [5.41, 5.74) is 3.57. The fraction of sp³-hybridized carbons (Fsp3) is 0.292. The topological polar surface area (TPSA) is 34.6 Å². The molecule has 4 nitrogen and oxygen atoms in total. The van der Waals surface area contributed by atoms with Gasteiger partial charge in [-0.3, -0.25) is 4.98 Å². The van der Waals surface area contributed by atoms with E-state index in [1.165, 1.54) is 11.1 Å². The summed E-state index contributed by atoms with van der Waals surface area (Å²) in [6, 6.07) is 22.5. The quantitative estimate of drug-likeness (QED) is 0.512. The van der Waals surface area contributed by atoms with Gasteiger partial charge in [-0.1, -0.05) is 30.3 Å². The molecule has 0 N–H and O–H groups in total. The molecule has 0 spiro atoms. The average molecular weight is 376 g/mol. The standard InChI is InChI=1S/C24H28N2O2/c1-26(17-5-6-20-8-12-23(27-2)13-9-20)18-21-10-14-24(15-11-21)28-19-22-7-3-4-16-25-22/h3-4,7-16H,5-6,17-19H2,1-2H3. The van der Waals surface area contributed by atoms with Gasteiger partial charge in [0.1, 0.15) is 18.1 Å². The summed E-state index contributed by atoms with van der Waals surface area (Å²) in [5.74, 6) is 1.78. The summed E-state index contributed by atoms with van der Waals surface area (Å²) in [5, 5.41) is 0. The first-order valence-corrected chi connectivity index (χ1v) is 9.66. The van der Waals surface area contributed by atoms with Crippen LogP contribution >= 0.6 is 0 Å². The molecule has 3 rings (SSSR count). The number of aryl methyl sites for hydroxylation is 1. The first-order chi connectivity index (χ1) is 13.7. The Morgan fingerprint density at radius 3 is 2.25 bits per heavy atom. The lowest BCUT2D eigenvalue weighted by molar-refractivity contribution is 0.300. The number of rotatable bonds is 10. The lowest BCUT2D eigenvalue weighted by Gasteiger charge is -2.17. The fourth-order valence-electron chi connectivity index (χ4n) is 3.07. The first-order valence-electron chi connectivity index (χ1n) is 9.66. The second kappa shape index (κ2) is 10.5. The van der Waals surface area contributed by atoms with Gasteiger partial charge in [0.2, 0.25) is 0 Å². The number of hydrogen-bond donors (Lipinski definition) is 0. The summed E-state index contributed by atoms with van der Waals surface area (Å²) < 4.78 is 11.0. The van der Waals surface area contributed by atoms with Gasteiger partial charge < -0.3 is 14.4 Å². The molecular weight excluding hydrogens is 348 g/mol. The molecule has 0 unspecified atom stereocenters. The van der Waals surface area contributed by atoms with E-state index in [2.05, 4.69) is 41.2 Å². The molecule has 0 saturated carbocycles. The van der Waals surface area contributed by atoms with Gasteiger partial charge in [-0.15, -0.1) is 0 Å². The third kappa shape index (κ3) is 6.39. The molecule has 0 fully saturated rings. The Hall–Kier alpha value is -2.85.